The first-order valence-electron chi connectivity index (χ1n) is 2.51. The zero-order valence-corrected chi connectivity index (χ0v) is 5.22. The van der Waals surface area contributed by atoms with Gasteiger partial charge in [0.1, 0.15) is 6.61 Å². The van der Waals surface area contributed by atoms with Gasteiger partial charge in [0.2, 0.25) is 0 Å². The van der Waals surface area contributed by atoms with Gasteiger partial charge in [-0.3, -0.25) is 0 Å². The van der Waals surface area contributed by atoms with Gasteiger partial charge in [-0.2, -0.15) is 0 Å². The Balaban J connectivity index is 2.97. The van der Waals surface area contributed by atoms with Gasteiger partial charge in [0.15, 0.2) is 6.67 Å². The molecule has 0 radical (unpaired) electrons. The minimum absolute atomic E-state index is 0.124. The van der Waals surface area contributed by atoms with Crippen LogP contribution in [0.1, 0.15) is 0 Å². The number of hydrogen-bond donors (Lipinski definition) is 0. The van der Waals surface area contributed by atoms with Gasteiger partial charge in [0.25, 0.3) is 0 Å². The maximum atomic E-state index is 11.3. The van der Waals surface area contributed by atoms with E-state index in [2.05, 4.69) is 9.47 Å². The number of alkyl halides is 1. The van der Waals surface area contributed by atoms with E-state index in [1.165, 1.54) is 7.11 Å². The van der Waals surface area contributed by atoms with Crippen molar-refractivity contribution in [2.75, 3.05) is 27.0 Å². The van der Waals surface area contributed by atoms with Gasteiger partial charge < -0.3 is 9.47 Å². The third kappa shape index (κ3) is 5.23. The Labute approximate surface area is 52.8 Å². The fourth-order valence-corrected chi connectivity index (χ4v) is 0.277. The topological polar surface area (TPSA) is 35.5 Å². The van der Waals surface area contributed by atoms with E-state index >= 15 is 0 Å². The first-order valence-corrected chi connectivity index (χ1v) is 2.51. The lowest BCUT2D eigenvalue weighted by atomic mass is 10.7. The molecule has 0 amide bonds. The van der Waals surface area contributed by atoms with Crippen molar-refractivity contribution in [3.63, 3.8) is 0 Å². The molecule has 0 aliphatic carbocycles. The molecule has 0 saturated carbocycles. The summed E-state index contributed by atoms with van der Waals surface area (Å²) in [4.78, 5) is 10.0. The first kappa shape index (κ1) is 8.36. The Morgan fingerprint density at radius 3 is 2.67 bits per heavy atom. The Morgan fingerprint density at radius 2 is 2.22 bits per heavy atom. The van der Waals surface area contributed by atoms with Crippen molar-refractivity contribution in [1.29, 1.82) is 0 Å². The predicted octanol–water partition coefficient (Wildman–Crippen LogP) is 0.146. The lowest BCUT2D eigenvalue weighted by Gasteiger charge is -1.98. The minimum atomic E-state index is -1.07. The SMILES string of the molecule is COCCOC(=O)CF. The van der Waals surface area contributed by atoms with Gasteiger partial charge in [-0.05, 0) is 0 Å². The molecule has 4 heteroatoms. The standard InChI is InChI=1S/C5H9FO3/c1-8-2-3-9-5(7)4-6/h2-4H2,1H3. The summed E-state index contributed by atoms with van der Waals surface area (Å²) < 4.78 is 20.1. The molecule has 0 aromatic heterocycles. The van der Waals surface area contributed by atoms with Crippen LogP contribution in [0.15, 0.2) is 0 Å². The van der Waals surface area contributed by atoms with Gasteiger partial charge in [-0.25, -0.2) is 9.18 Å². The highest BCUT2D eigenvalue weighted by Gasteiger charge is 1.97. The molecule has 3 nitrogen and oxygen atoms in total. The van der Waals surface area contributed by atoms with E-state index in [4.69, 9.17) is 0 Å². The van der Waals surface area contributed by atoms with Crippen molar-refractivity contribution in [2.45, 2.75) is 0 Å². The van der Waals surface area contributed by atoms with Crippen molar-refractivity contribution >= 4 is 5.97 Å². The second kappa shape index (κ2) is 5.50. The zero-order chi connectivity index (χ0) is 7.11. The molecule has 0 aromatic carbocycles. The molecule has 54 valence electrons. The fourth-order valence-electron chi connectivity index (χ4n) is 0.277. The van der Waals surface area contributed by atoms with Crippen molar-refractivity contribution in [3.8, 4) is 0 Å². The van der Waals surface area contributed by atoms with Crippen LogP contribution in [0.2, 0.25) is 0 Å². The fraction of sp³-hybridized carbons (Fsp3) is 0.800. The molecule has 9 heavy (non-hydrogen) atoms. The van der Waals surface area contributed by atoms with Gasteiger partial charge >= 0.3 is 5.97 Å². The van der Waals surface area contributed by atoms with E-state index in [1.54, 1.807) is 0 Å². The molecule has 0 aliphatic heterocycles. The summed E-state index contributed by atoms with van der Waals surface area (Å²) >= 11 is 0. The smallest absolute Gasteiger partial charge is 0.337 e. The van der Waals surface area contributed by atoms with E-state index < -0.39 is 12.6 Å². The Bertz CT molecular complexity index is 84.3. The zero-order valence-electron chi connectivity index (χ0n) is 5.22. The van der Waals surface area contributed by atoms with Crippen LogP contribution in [0, 0.1) is 0 Å². The van der Waals surface area contributed by atoms with Crippen molar-refractivity contribution in [1.82, 2.24) is 0 Å². The predicted molar refractivity (Wildman–Crippen MR) is 28.8 cm³/mol. The number of hydrogen-bond acceptors (Lipinski definition) is 3. The summed E-state index contributed by atoms with van der Waals surface area (Å²) in [6.07, 6.45) is 0. The number of esters is 1. The molecule has 0 spiro atoms. The Hall–Kier alpha value is -0.640. The van der Waals surface area contributed by atoms with Crippen LogP contribution in [0.4, 0.5) is 4.39 Å². The number of methoxy groups -OCH3 is 1. The average molecular weight is 136 g/mol. The number of carbonyl (C=O) groups is 1. The summed E-state index contributed by atoms with van der Waals surface area (Å²) in [5.74, 6) is -0.841. The third-order valence-electron chi connectivity index (χ3n) is 0.660. The lowest BCUT2D eigenvalue weighted by Crippen LogP contribution is -2.10. The molecule has 0 saturated heterocycles. The molecule has 0 unspecified atom stereocenters. The first-order chi connectivity index (χ1) is 4.31. The third-order valence-corrected chi connectivity index (χ3v) is 0.660. The molecule has 0 rings (SSSR count). The van der Waals surface area contributed by atoms with Gasteiger partial charge in [-0.15, -0.1) is 0 Å². The van der Waals surface area contributed by atoms with E-state index in [9.17, 15) is 9.18 Å². The summed E-state index contributed by atoms with van der Waals surface area (Å²) in [6.45, 7) is -0.630. The maximum Gasteiger partial charge on any atom is 0.337 e. The maximum absolute atomic E-state index is 11.3. The molecular weight excluding hydrogens is 127 g/mol. The van der Waals surface area contributed by atoms with Crippen LogP contribution in [-0.4, -0.2) is 33.0 Å². The summed E-state index contributed by atoms with van der Waals surface area (Å²) in [5.41, 5.74) is 0. The molecule has 0 bridgehead atoms. The summed E-state index contributed by atoms with van der Waals surface area (Å²) in [7, 11) is 1.48. The van der Waals surface area contributed by atoms with Crippen LogP contribution in [0.3, 0.4) is 0 Å². The van der Waals surface area contributed by atoms with E-state index in [-0.39, 0.29) is 6.61 Å². The van der Waals surface area contributed by atoms with Gasteiger partial charge in [-0.1, -0.05) is 0 Å². The van der Waals surface area contributed by atoms with Gasteiger partial charge in [0, 0.05) is 7.11 Å². The van der Waals surface area contributed by atoms with Crippen LogP contribution in [-0.2, 0) is 14.3 Å². The van der Waals surface area contributed by atoms with Crippen LogP contribution in [0.25, 0.3) is 0 Å². The summed E-state index contributed by atoms with van der Waals surface area (Å²) in [5, 5.41) is 0. The Kier molecular flexibility index (Phi) is 5.11. The number of rotatable bonds is 4. The molecule has 0 aliphatic rings. The van der Waals surface area contributed by atoms with Crippen molar-refractivity contribution < 1.29 is 18.7 Å². The van der Waals surface area contributed by atoms with Crippen LogP contribution >= 0.6 is 0 Å². The van der Waals surface area contributed by atoms with Gasteiger partial charge in [0.05, 0.1) is 6.61 Å². The highest BCUT2D eigenvalue weighted by Crippen LogP contribution is 1.79. The van der Waals surface area contributed by atoms with E-state index in [0.29, 0.717) is 6.61 Å². The second-order valence-corrected chi connectivity index (χ2v) is 1.35. The number of ether oxygens (including phenoxy) is 2. The largest absolute Gasteiger partial charge is 0.461 e. The highest BCUT2D eigenvalue weighted by molar-refractivity contribution is 5.70. The molecular formula is C5H9FO3. The lowest BCUT2D eigenvalue weighted by molar-refractivity contribution is -0.145. The monoisotopic (exact) mass is 136 g/mol. The molecule has 0 atom stereocenters. The number of halogens is 1. The van der Waals surface area contributed by atoms with Crippen molar-refractivity contribution in [3.05, 3.63) is 0 Å². The average Bonchev–Trinajstić information content (AvgIpc) is 1.89. The quantitative estimate of drug-likeness (QED) is 0.407. The van der Waals surface area contributed by atoms with E-state index in [0.717, 1.165) is 0 Å². The van der Waals surface area contributed by atoms with Crippen LogP contribution < -0.4 is 0 Å². The molecule has 0 N–H and O–H groups in total. The highest BCUT2D eigenvalue weighted by atomic mass is 19.1. The van der Waals surface area contributed by atoms with Crippen LogP contribution in [0.5, 0.6) is 0 Å². The minimum Gasteiger partial charge on any atom is -0.461 e. The molecule has 0 fully saturated rings. The Morgan fingerprint density at radius 1 is 1.56 bits per heavy atom. The normalized spacial score (nSPS) is 9.11. The second-order valence-electron chi connectivity index (χ2n) is 1.35. The molecule has 0 aromatic rings. The summed E-state index contributed by atoms with van der Waals surface area (Å²) in [6, 6.07) is 0. The van der Waals surface area contributed by atoms with E-state index in [1.807, 2.05) is 0 Å². The van der Waals surface area contributed by atoms with Crippen molar-refractivity contribution in [2.24, 2.45) is 0 Å². The molecule has 0 heterocycles. The number of carbonyl (C=O) groups excluding carboxylic acids is 1.